The van der Waals surface area contributed by atoms with E-state index in [4.69, 9.17) is 5.73 Å². The van der Waals surface area contributed by atoms with E-state index in [-0.39, 0.29) is 12.2 Å². The second-order valence-corrected chi connectivity index (χ2v) is 8.35. The molecule has 168 valence electrons. The van der Waals surface area contributed by atoms with E-state index in [0.717, 1.165) is 19.3 Å². The topological polar surface area (TPSA) is 104 Å². The van der Waals surface area contributed by atoms with Crippen LogP contribution in [0.15, 0.2) is 0 Å². The van der Waals surface area contributed by atoms with Gasteiger partial charge in [0.05, 0.1) is 18.1 Å². The average molecular weight is 402 g/mol. The summed E-state index contributed by atoms with van der Waals surface area (Å²) in [5, 5.41) is 29.5. The zero-order chi connectivity index (χ0) is 21.2. The zero-order valence-corrected chi connectivity index (χ0v) is 18.5. The predicted molar refractivity (Wildman–Crippen MR) is 116 cm³/mol. The Morgan fingerprint density at radius 2 is 1.18 bits per heavy atom. The highest BCUT2D eigenvalue weighted by Crippen LogP contribution is 2.19. The minimum absolute atomic E-state index is 0.0644. The lowest BCUT2D eigenvalue weighted by Gasteiger charge is -2.25. The molecule has 4 atom stereocenters. The van der Waals surface area contributed by atoms with Gasteiger partial charge in [-0.3, -0.25) is 4.79 Å². The first kappa shape index (κ1) is 27.5. The van der Waals surface area contributed by atoms with Crippen LogP contribution in [0.4, 0.5) is 0 Å². The van der Waals surface area contributed by atoms with Gasteiger partial charge >= 0.3 is 0 Å². The molecule has 0 bridgehead atoms. The molecular formula is C23H47NO4. The Morgan fingerprint density at radius 3 is 1.57 bits per heavy atom. The van der Waals surface area contributed by atoms with Gasteiger partial charge in [-0.05, 0) is 12.8 Å². The van der Waals surface area contributed by atoms with Gasteiger partial charge in [0.1, 0.15) is 12.0 Å². The number of carbonyl (C=O) groups is 1. The largest absolute Gasteiger partial charge is 0.393 e. The second kappa shape index (κ2) is 18.5. The smallest absolute Gasteiger partial charge is 0.145 e. The molecule has 0 aromatic heterocycles. The third-order valence-electron chi connectivity index (χ3n) is 5.67. The van der Waals surface area contributed by atoms with E-state index in [1.807, 2.05) is 0 Å². The molecule has 0 heterocycles. The van der Waals surface area contributed by atoms with Gasteiger partial charge in [0.2, 0.25) is 0 Å². The molecule has 5 heteroatoms. The van der Waals surface area contributed by atoms with Crippen molar-refractivity contribution in [2.24, 2.45) is 11.7 Å². The van der Waals surface area contributed by atoms with Crippen LogP contribution < -0.4 is 5.73 Å². The van der Waals surface area contributed by atoms with E-state index in [0.29, 0.717) is 12.8 Å². The highest BCUT2D eigenvalue weighted by molar-refractivity contribution is 5.82. The van der Waals surface area contributed by atoms with E-state index in [9.17, 15) is 20.1 Å². The van der Waals surface area contributed by atoms with E-state index in [1.54, 1.807) is 6.92 Å². The first-order valence-electron chi connectivity index (χ1n) is 11.8. The first-order valence-corrected chi connectivity index (χ1v) is 11.8. The highest BCUT2D eigenvalue weighted by Gasteiger charge is 2.31. The van der Waals surface area contributed by atoms with Crippen LogP contribution >= 0.6 is 0 Å². The van der Waals surface area contributed by atoms with Crippen LogP contribution in [-0.4, -0.2) is 39.5 Å². The van der Waals surface area contributed by atoms with E-state index >= 15 is 0 Å². The molecule has 0 amide bonds. The molecule has 0 rings (SSSR count). The molecule has 0 aromatic carbocycles. The number of carbonyl (C=O) groups excluding carboxylic acids is 1. The molecule has 2 unspecified atom stereocenters. The second-order valence-electron chi connectivity index (χ2n) is 8.35. The molecule has 0 fully saturated rings. The average Bonchev–Trinajstić information content (AvgIpc) is 2.65. The maximum Gasteiger partial charge on any atom is 0.145 e. The maximum atomic E-state index is 12.2. The molecule has 0 saturated heterocycles. The summed E-state index contributed by atoms with van der Waals surface area (Å²) in [5.74, 6) is -1.36. The number of ketones is 1. The van der Waals surface area contributed by atoms with Crippen LogP contribution in [0, 0.1) is 5.92 Å². The molecule has 0 saturated carbocycles. The summed E-state index contributed by atoms with van der Waals surface area (Å²) in [6, 6.07) is 0. The van der Waals surface area contributed by atoms with Crippen molar-refractivity contribution in [3.8, 4) is 0 Å². The molecule has 5 nitrogen and oxygen atoms in total. The van der Waals surface area contributed by atoms with Gasteiger partial charge in [-0.15, -0.1) is 0 Å². The Bertz CT molecular complexity index is 363. The Balaban J connectivity index is 3.73. The van der Waals surface area contributed by atoms with Gasteiger partial charge < -0.3 is 21.1 Å². The molecule has 0 spiro atoms. The fourth-order valence-corrected chi connectivity index (χ4v) is 3.70. The summed E-state index contributed by atoms with van der Waals surface area (Å²) in [4.78, 5) is 12.2. The van der Waals surface area contributed by atoms with Crippen LogP contribution in [0.25, 0.3) is 0 Å². The summed E-state index contributed by atoms with van der Waals surface area (Å²) in [6.07, 6.45) is 14.1. The molecule has 0 aliphatic heterocycles. The van der Waals surface area contributed by atoms with Crippen LogP contribution in [0.3, 0.4) is 0 Å². The number of hydrogen-bond donors (Lipinski definition) is 4. The summed E-state index contributed by atoms with van der Waals surface area (Å²) < 4.78 is 0. The SMILES string of the molecule is CCCCCCCCCCCCCCC[C@@H](O)[C@H](C(=O)CC(O)CC)C(N)O. The molecule has 5 N–H and O–H groups in total. The van der Waals surface area contributed by atoms with Crippen LogP contribution in [0.1, 0.15) is 117 Å². The molecule has 0 radical (unpaired) electrons. The van der Waals surface area contributed by atoms with Crippen molar-refractivity contribution in [3.63, 3.8) is 0 Å². The number of aliphatic hydroxyl groups excluding tert-OH is 3. The summed E-state index contributed by atoms with van der Waals surface area (Å²) >= 11 is 0. The number of Topliss-reactive ketones (excluding diaryl/α,β-unsaturated/α-hetero) is 1. The summed E-state index contributed by atoms with van der Waals surface area (Å²) in [5.41, 5.74) is 5.49. The molecule has 28 heavy (non-hydrogen) atoms. The van der Waals surface area contributed by atoms with Gasteiger partial charge in [-0.25, -0.2) is 0 Å². The molecule has 0 aromatic rings. The summed E-state index contributed by atoms with van der Waals surface area (Å²) in [7, 11) is 0. The highest BCUT2D eigenvalue weighted by atomic mass is 16.3. The first-order chi connectivity index (χ1) is 13.4. The molecular weight excluding hydrogens is 354 g/mol. The minimum atomic E-state index is -1.38. The Kier molecular flexibility index (Phi) is 18.2. The quantitative estimate of drug-likeness (QED) is 0.178. The summed E-state index contributed by atoms with van der Waals surface area (Å²) in [6.45, 7) is 4.04. The number of hydrogen-bond acceptors (Lipinski definition) is 5. The van der Waals surface area contributed by atoms with Crippen molar-refractivity contribution in [3.05, 3.63) is 0 Å². The minimum Gasteiger partial charge on any atom is -0.393 e. The molecule has 0 aliphatic carbocycles. The van der Waals surface area contributed by atoms with E-state index in [2.05, 4.69) is 6.92 Å². The lowest BCUT2D eigenvalue weighted by atomic mass is 9.89. The van der Waals surface area contributed by atoms with Crippen LogP contribution in [-0.2, 0) is 4.79 Å². The molecule has 0 aliphatic rings. The van der Waals surface area contributed by atoms with Crippen molar-refractivity contribution >= 4 is 5.78 Å². The normalized spacial score (nSPS) is 15.9. The van der Waals surface area contributed by atoms with Crippen molar-refractivity contribution in [2.45, 2.75) is 135 Å². The van der Waals surface area contributed by atoms with Gasteiger partial charge in [0.25, 0.3) is 0 Å². The van der Waals surface area contributed by atoms with E-state index in [1.165, 1.54) is 64.2 Å². The lowest BCUT2D eigenvalue weighted by molar-refractivity contribution is -0.133. The third kappa shape index (κ3) is 14.5. The van der Waals surface area contributed by atoms with Gasteiger partial charge in [-0.2, -0.15) is 0 Å². The number of aliphatic hydroxyl groups is 3. The fourth-order valence-electron chi connectivity index (χ4n) is 3.70. The standard InChI is InChI=1S/C23H47NO4/c1-3-5-6-7-8-9-10-11-12-13-14-15-16-17-20(26)22(23(24)28)21(27)18-19(25)4-2/h19-20,22-23,25-26,28H,3-18,24H2,1-2H3/t19?,20-,22-,23?/m1/s1. The fraction of sp³-hybridized carbons (Fsp3) is 0.957. The Labute approximate surface area is 173 Å². The monoisotopic (exact) mass is 401 g/mol. The zero-order valence-electron chi connectivity index (χ0n) is 18.5. The Hall–Kier alpha value is -0.490. The van der Waals surface area contributed by atoms with Crippen LogP contribution in [0.2, 0.25) is 0 Å². The Morgan fingerprint density at radius 1 is 0.750 bits per heavy atom. The van der Waals surface area contributed by atoms with E-state index < -0.39 is 24.4 Å². The van der Waals surface area contributed by atoms with Gasteiger partial charge in [0.15, 0.2) is 0 Å². The third-order valence-corrected chi connectivity index (χ3v) is 5.67. The van der Waals surface area contributed by atoms with Crippen LogP contribution in [0.5, 0.6) is 0 Å². The van der Waals surface area contributed by atoms with Gasteiger partial charge in [-0.1, -0.05) is 97.3 Å². The maximum absolute atomic E-state index is 12.2. The van der Waals surface area contributed by atoms with Crippen molar-refractivity contribution in [2.75, 3.05) is 0 Å². The van der Waals surface area contributed by atoms with Crippen molar-refractivity contribution in [1.29, 1.82) is 0 Å². The van der Waals surface area contributed by atoms with Crippen molar-refractivity contribution in [1.82, 2.24) is 0 Å². The number of nitrogens with two attached hydrogens (primary N) is 1. The predicted octanol–water partition coefficient (Wildman–Crippen LogP) is 4.45. The number of unbranched alkanes of at least 4 members (excludes halogenated alkanes) is 12. The lowest BCUT2D eigenvalue weighted by Crippen LogP contribution is -2.44. The number of rotatable bonds is 20. The van der Waals surface area contributed by atoms with Crippen molar-refractivity contribution < 1.29 is 20.1 Å². The van der Waals surface area contributed by atoms with Gasteiger partial charge in [0, 0.05) is 6.42 Å².